The van der Waals surface area contributed by atoms with Crippen LogP contribution in [0.3, 0.4) is 0 Å². The molecule has 3 N–H and O–H groups in total. The molecule has 0 radical (unpaired) electrons. The van der Waals surface area contributed by atoms with E-state index >= 15 is 0 Å². The van der Waals surface area contributed by atoms with Crippen molar-refractivity contribution < 1.29 is 24.2 Å². The first-order chi connectivity index (χ1) is 15.3. The molecule has 0 saturated carbocycles. The third kappa shape index (κ3) is 6.17. The van der Waals surface area contributed by atoms with Crippen molar-refractivity contribution in [1.82, 2.24) is 0 Å². The Bertz CT molecular complexity index is 1030. The summed E-state index contributed by atoms with van der Waals surface area (Å²) >= 11 is 6.76. The standard InChI is InChI=1S/C12H12BrNO3.C11H12BrNO2/c1-17-12(16)6-10-11(15)4-7-2-3-8(13)5-9(7)14-10;12-8-2-1-7-5-11(15)9(3-4-14)13-10(7)6-8/h2-3,5,10,14H,4,6H2,1H3;1-2,6,9,13-14H,3-5H2/t10-;9-/m00/s1. The average Bonchev–Trinajstić information content (AvgIpc) is 2.76. The summed E-state index contributed by atoms with van der Waals surface area (Å²) < 4.78 is 6.50. The molecular formula is C23H24Br2N2O5. The minimum Gasteiger partial charge on any atom is -0.469 e. The molecule has 2 atom stereocenters. The number of methoxy groups -OCH3 is 1. The van der Waals surface area contributed by atoms with Crippen molar-refractivity contribution in [3.8, 4) is 0 Å². The summed E-state index contributed by atoms with van der Waals surface area (Å²) in [6.45, 7) is 0.0345. The summed E-state index contributed by atoms with van der Waals surface area (Å²) in [6.07, 6.45) is 1.36. The van der Waals surface area contributed by atoms with Crippen LogP contribution in [0.5, 0.6) is 0 Å². The normalized spacial score (nSPS) is 18.9. The molecule has 4 rings (SSSR count). The predicted octanol–water partition coefficient (Wildman–Crippen LogP) is 3.66. The van der Waals surface area contributed by atoms with Gasteiger partial charge in [0.2, 0.25) is 0 Å². The number of carbonyl (C=O) groups excluding carboxylic acids is 3. The van der Waals surface area contributed by atoms with E-state index in [1.54, 1.807) is 0 Å². The first-order valence-electron chi connectivity index (χ1n) is 10.1. The Hall–Kier alpha value is -2.23. The number of ether oxygens (including phenoxy) is 1. The molecule has 32 heavy (non-hydrogen) atoms. The van der Waals surface area contributed by atoms with Crippen LogP contribution >= 0.6 is 31.9 Å². The molecule has 0 spiro atoms. The van der Waals surface area contributed by atoms with Gasteiger partial charge in [-0.25, -0.2) is 0 Å². The highest BCUT2D eigenvalue weighted by atomic mass is 79.9. The number of halogens is 2. The number of aliphatic hydroxyl groups excluding tert-OH is 1. The van der Waals surface area contributed by atoms with Crippen LogP contribution < -0.4 is 10.6 Å². The number of aliphatic hydroxyl groups is 1. The number of Topliss-reactive ketones (excluding diaryl/α,β-unsaturated/α-hetero) is 2. The van der Waals surface area contributed by atoms with Gasteiger partial charge in [-0.1, -0.05) is 44.0 Å². The summed E-state index contributed by atoms with van der Waals surface area (Å²) in [6, 6.07) is 10.8. The summed E-state index contributed by atoms with van der Waals surface area (Å²) in [5, 5.41) is 15.1. The largest absolute Gasteiger partial charge is 0.469 e. The summed E-state index contributed by atoms with van der Waals surface area (Å²) in [5.74, 6) is -0.210. The molecule has 0 unspecified atom stereocenters. The number of nitrogens with one attached hydrogen (secondary N) is 2. The Morgan fingerprint density at radius 1 is 0.969 bits per heavy atom. The molecule has 0 aliphatic carbocycles. The SMILES string of the molecule is COC(=O)C[C@@H]1Nc2cc(Br)ccc2CC1=O.O=C1Cc2ccc(Br)cc2N[C@H]1CCO. The molecule has 2 aliphatic heterocycles. The zero-order valence-electron chi connectivity index (χ0n) is 17.5. The molecule has 2 aromatic carbocycles. The molecule has 170 valence electrons. The van der Waals surface area contributed by atoms with Crippen molar-refractivity contribution in [3.05, 3.63) is 56.5 Å². The lowest BCUT2D eigenvalue weighted by Gasteiger charge is -2.25. The van der Waals surface area contributed by atoms with Crippen molar-refractivity contribution >= 4 is 60.8 Å². The first kappa shape index (κ1) is 24.4. The maximum absolute atomic E-state index is 11.8. The monoisotopic (exact) mass is 566 g/mol. The number of rotatable bonds is 4. The van der Waals surface area contributed by atoms with E-state index in [2.05, 4.69) is 47.2 Å². The quantitative estimate of drug-likeness (QED) is 0.484. The number of carbonyl (C=O) groups is 3. The molecule has 0 aromatic heterocycles. The Labute approximate surface area is 203 Å². The van der Waals surface area contributed by atoms with Crippen LogP contribution in [0.25, 0.3) is 0 Å². The van der Waals surface area contributed by atoms with E-state index in [0.29, 0.717) is 19.3 Å². The van der Waals surface area contributed by atoms with Gasteiger partial charge >= 0.3 is 5.97 Å². The lowest BCUT2D eigenvalue weighted by Crippen LogP contribution is -2.37. The van der Waals surface area contributed by atoms with Crippen LogP contribution in [0.1, 0.15) is 24.0 Å². The number of fused-ring (bicyclic) bond motifs is 2. The van der Waals surface area contributed by atoms with Crippen LogP contribution in [0, 0.1) is 0 Å². The van der Waals surface area contributed by atoms with Crippen molar-refractivity contribution in [2.75, 3.05) is 24.4 Å². The highest BCUT2D eigenvalue weighted by Crippen LogP contribution is 2.28. The van der Waals surface area contributed by atoms with Gasteiger partial charge in [0.15, 0.2) is 11.6 Å². The molecular weight excluding hydrogens is 544 g/mol. The Balaban J connectivity index is 0.000000182. The number of benzene rings is 2. The Kier molecular flexibility index (Phi) is 8.44. The predicted molar refractivity (Wildman–Crippen MR) is 129 cm³/mol. The fourth-order valence-corrected chi connectivity index (χ4v) is 4.33. The third-order valence-corrected chi connectivity index (χ3v) is 6.31. The summed E-state index contributed by atoms with van der Waals surface area (Å²) in [4.78, 5) is 34.6. The van der Waals surface area contributed by atoms with Crippen LogP contribution in [0.4, 0.5) is 11.4 Å². The second-order valence-electron chi connectivity index (χ2n) is 7.58. The van der Waals surface area contributed by atoms with Gasteiger partial charge in [0, 0.05) is 39.8 Å². The second-order valence-corrected chi connectivity index (χ2v) is 9.41. The van der Waals surface area contributed by atoms with Crippen molar-refractivity contribution in [1.29, 1.82) is 0 Å². The second kappa shape index (κ2) is 11.1. The molecule has 0 bridgehead atoms. The third-order valence-electron chi connectivity index (χ3n) is 5.33. The molecule has 2 aliphatic rings. The lowest BCUT2D eigenvalue weighted by molar-refractivity contribution is -0.142. The van der Waals surface area contributed by atoms with Crippen LogP contribution in [-0.2, 0) is 32.0 Å². The van der Waals surface area contributed by atoms with Gasteiger partial charge in [0.05, 0.1) is 25.6 Å². The first-order valence-corrected chi connectivity index (χ1v) is 11.7. The minimum absolute atomic E-state index is 0.0187. The van der Waals surface area contributed by atoms with Gasteiger partial charge < -0.3 is 20.5 Å². The van der Waals surface area contributed by atoms with Gasteiger partial charge in [0.1, 0.15) is 0 Å². The maximum atomic E-state index is 11.8. The lowest BCUT2D eigenvalue weighted by atomic mass is 9.95. The van der Waals surface area contributed by atoms with Crippen molar-refractivity contribution in [2.45, 2.75) is 37.8 Å². The van der Waals surface area contributed by atoms with Gasteiger partial charge in [-0.3, -0.25) is 14.4 Å². The zero-order chi connectivity index (χ0) is 23.3. The van der Waals surface area contributed by atoms with Gasteiger partial charge in [-0.2, -0.15) is 0 Å². The van der Waals surface area contributed by atoms with Gasteiger partial charge in [-0.15, -0.1) is 0 Å². The fraction of sp³-hybridized carbons (Fsp3) is 0.348. The van der Waals surface area contributed by atoms with E-state index in [0.717, 1.165) is 31.4 Å². The van der Waals surface area contributed by atoms with E-state index in [9.17, 15) is 14.4 Å². The van der Waals surface area contributed by atoms with E-state index < -0.39 is 6.04 Å². The number of ketones is 2. The Morgan fingerprint density at radius 2 is 1.47 bits per heavy atom. The molecule has 0 amide bonds. The molecule has 2 heterocycles. The average molecular weight is 568 g/mol. The van der Waals surface area contributed by atoms with Gasteiger partial charge in [-0.05, 0) is 41.8 Å². The maximum Gasteiger partial charge on any atom is 0.308 e. The number of esters is 1. The van der Waals surface area contributed by atoms with E-state index in [-0.39, 0.29) is 36.6 Å². The fourth-order valence-electron chi connectivity index (χ4n) is 3.61. The Morgan fingerprint density at radius 3 is 1.97 bits per heavy atom. The summed E-state index contributed by atoms with van der Waals surface area (Å²) in [5.41, 5.74) is 3.87. The van der Waals surface area contributed by atoms with E-state index in [1.165, 1.54) is 7.11 Å². The molecule has 0 fully saturated rings. The highest BCUT2D eigenvalue weighted by molar-refractivity contribution is 9.10. The summed E-state index contributed by atoms with van der Waals surface area (Å²) in [7, 11) is 1.32. The number of hydrogen-bond acceptors (Lipinski definition) is 7. The van der Waals surface area contributed by atoms with Gasteiger partial charge in [0.25, 0.3) is 0 Å². The molecule has 2 aromatic rings. The zero-order valence-corrected chi connectivity index (χ0v) is 20.7. The minimum atomic E-state index is -0.482. The van der Waals surface area contributed by atoms with Crippen molar-refractivity contribution in [3.63, 3.8) is 0 Å². The van der Waals surface area contributed by atoms with Crippen LogP contribution in [0.2, 0.25) is 0 Å². The topological polar surface area (TPSA) is 105 Å². The van der Waals surface area contributed by atoms with E-state index in [1.807, 2.05) is 36.4 Å². The van der Waals surface area contributed by atoms with E-state index in [4.69, 9.17) is 5.11 Å². The van der Waals surface area contributed by atoms with Crippen molar-refractivity contribution in [2.24, 2.45) is 0 Å². The molecule has 9 heteroatoms. The van der Waals surface area contributed by atoms with Crippen LogP contribution in [-0.4, -0.2) is 48.4 Å². The number of hydrogen-bond donors (Lipinski definition) is 3. The molecule has 0 saturated heterocycles. The molecule has 7 nitrogen and oxygen atoms in total. The van der Waals surface area contributed by atoms with Crippen LogP contribution in [0.15, 0.2) is 45.3 Å². The highest BCUT2D eigenvalue weighted by Gasteiger charge is 2.28. The number of anilines is 2. The smallest absolute Gasteiger partial charge is 0.308 e.